The van der Waals surface area contributed by atoms with Crippen molar-refractivity contribution in [2.45, 2.75) is 19.6 Å². The van der Waals surface area contributed by atoms with E-state index in [9.17, 15) is 9.59 Å². The van der Waals surface area contributed by atoms with E-state index in [1.807, 2.05) is 50.2 Å². The molecule has 2 aromatic carbocycles. The highest BCUT2D eigenvalue weighted by Gasteiger charge is 2.14. The number of benzene rings is 2. The lowest BCUT2D eigenvalue weighted by molar-refractivity contribution is -0.122. The molecule has 2 amide bonds. The van der Waals surface area contributed by atoms with E-state index in [1.54, 1.807) is 11.8 Å². The lowest BCUT2D eigenvalue weighted by atomic mass is 10.1. The number of anilines is 1. The molecule has 1 aliphatic rings. The molecule has 140 valence electrons. The van der Waals surface area contributed by atoms with Gasteiger partial charge in [0, 0.05) is 11.4 Å². The molecule has 5 nitrogen and oxygen atoms in total. The summed E-state index contributed by atoms with van der Waals surface area (Å²) in [7, 11) is 0. The van der Waals surface area contributed by atoms with Crippen molar-refractivity contribution in [1.29, 1.82) is 0 Å². The van der Waals surface area contributed by atoms with Crippen LogP contribution in [0.2, 0.25) is 0 Å². The molecule has 1 heterocycles. The fraction of sp³-hybridized carbons (Fsp3) is 0.250. The maximum absolute atomic E-state index is 12.1. The standard InChI is InChI=1S/C20H21N3O2S2/c1-13-6-5-9-16(14(13)2)22-18(24)10-21-19(25)12-27-20-23-17-8-4-3-7-15(17)11-26-20/h3-9H,10-12H2,1-2H3,(H,21,25)(H,22,24). The summed E-state index contributed by atoms with van der Waals surface area (Å²) in [6.07, 6.45) is 0. The minimum absolute atomic E-state index is 0.0464. The minimum atomic E-state index is -0.236. The summed E-state index contributed by atoms with van der Waals surface area (Å²) in [6.45, 7) is 3.91. The van der Waals surface area contributed by atoms with E-state index in [2.05, 4.69) is 21.7 Å². The van der Waals surface area contributed by atoms with Crippen molar-refractivity contribution in [3.63, 3.8) is 0 Å². The molecule has 0 spiro atoms. The third kappa shape index (κ3) is 5.37. The Hall–Kier alpha value is -2.25. The molecule has 0 aliphatic carbocycles. The lowest BCUT2D eigenvalue weighted by Gasteiger charge is -2.14. The predicted molar refractivity (Wildman–Crippen MR) is 115 cm³/mol. The quantitative estimate of drug-likeness (QED) is 0.796. The first-order valence-electron chi connectivity index (χ1n) is 8.58. The number of thioether (sulfide) groups is 2. The molecule has 0 bridgehead atoms. The van der Waals surface area contributed by atoms with Crippen LogP contribution in [0.4, 0.5) is 11.4 Å². The molecule has 0 unspecified atom stereocenters. The number of carbonyl (C=O) groups is 2. The van der Waals surface area contributed by atoms with Gasteiger partial charge in [0.2, 0.25) is 11.8 Å². The Morgan fingerprint density at radius 1 is 1.11 bits per heavy atom. The first-order valence-corrected chi connectivity index (χ1v) is 10.5. The molecule has 0 fully saturated rings. The van der Waals surface area contributed by atoms with Gasteiger partial charge in [-0.3, -0.25) is 9.59 Å². The van der Waals surface area contributed by atoms with E-state index in [0.717, 1.165) is 32.6 Å². The Labute approximate surface area is 167 Å². The number of fused-ring (bicyclic) bond motifs is 1. The van der Waals surface area contributed by atoms with E-state index in [4.69, 9.17) is 0 Å². The molecule has 2 N–H and O–H groups in total. The van der Waals surface area contributed by atoms with Gasteiger partial charge in [0.25, 0.3) is 0 Å². The van der Waals surface area contributed by atoms with Gasteiger partial charge in [0.15, 0.2) is 0 Å². The van der Waals surface area contributed by atoms with Crippen LogP contribution in [0.25, 0.3) is 0 Å². The zero-order valence-electron chi connectivity index (χ0n) is 15.2. The van der Waals surface area contributed by atoms with Crippen LogP contribution >= 0.6 is 23.5 Å². The molecule has 7 heteroatoms. The number of nitrogens with one attached hydrogen (secondary N) is 2. The topological polar surface area (TPSA) is 70.6 Å². The Morgan fingerprint density at radius 2 is 1.93 bits per heavy atom. The molecule has 2 aromatic rings. The molecule has 0 atom stereocenters. The smallest absolute Gasteiger partial charge is 0.243 e. The summed E-state index contributed by atoms with van der Waals surface area (Å²) in [5, 5.41) is 5.49. The summed E-state index contributed by atoms with van der Waals surface area (Å²) in [4.78, 5) is 28.7. The number of aliphatic imine (C=N–C) groups is 1. The Kier molecular flexibility index (Phi) is 6.58. The van der Waals surface area contributed by atoms with Crippen LogP contribution in [0.1, 0.15) is 16.7 Å². The van der Waals surface area contributed by atoms with Gasteiger partial charge in [-0.1, -0.05) is 53.9 Å². The van der Waals surface area contributed by atoms with Crippen LogP contribution in [0.3, 0.4) is 0 Å². The molecule has 1 aliphatic heterocycles. The van der Waals surface area contributed by atoms with E-state index in [-0.39, 0.29) is 24.1 Å². The van der Waals surface area contributed by atoms with Crippen LogP contribution < -0.4 is 10.6 Å². The van der Waals surface area contributed by atoms with Gasteiger partial charge in [-0.25, -0.2) is 4.99 Å². The van der Waals surface area contributed by atoms with E-state index >= 15 is 0 Å². The first-order chi connectivity index (χ1) is 13.0. The number of hydrogen-bond donors (Lipinski definition) is 2. The van der Waals surface area contributed by atoms with E-state index in [0.29, 0.717) is 0 Å². The van der Waals surface area contributed by atoms with Crippen molar-refractivity contribution in [2.75, 3.05) is 17.6 Å². The average molecular weight is 400 g/mol. The monoisotopic (exact) mass is 399 g/mol. The van der Waals surface area contributed by atoms with Crippen molar-refractivity contribution < 1.29 is 9.59 Å². The van der Waals surface area contributed by atoms with Gasteiger partial charge in [0.1, 0.15) is 4.38 Å². The third-order valence-corrected chi connectivity index (χ3v) is 6.45. The highest BCUT2D eigenvalue weighted by atomic mass is 32.2. The van der Waals surface area contributed by atoms with E-state index in [1.165, 1.54) is 17.3 Å². The predicted octanol–water partition coefficient (Wildman–Crippen LogP) is 4.03. The number of amides is 2. The van der Waals surface area contributed by atoms with E-state index < -0.39 is 0 Å². The van der Waals surface area contributed by atoms with Gasteiger partial charge in [-0.15, -0.1) is 0 Å². The Bertz CT molecular complexity index is 897. The summed E-state index contributed by atoms with van der Waals surface area (Å²) in [5.74, 6) is 0.686. The summed E-state index contributed by atoms with van der Waals surface area (Å²) >= 11 is 3.03. The zero-order chi connectivity index (χ0) is 19.2. The maximum atomic E-state index is 12.1. The molecule has 0 saturated carbocycles. The molecular formula is C20H21N3O2S2. The van der Waals surface area contributed by atoms with Crippen LogP contribution in [-0.4, -0.2) is 28.5 Å². The number of rotatable bonds is 5. The number of nitrogens with zero attached hydrogens (tertiary/aromatic N) is 1. The van der Waals surface area contributed by atoms with Crippen molar-refractivity contribution in [3.8, 4) is 0 Å². The molecule has 0 radical (unpaired) electrons. The fourth-order valence-corrected chi connectivity index (χ4v) is 4.42. The molecule has 3 rings (SSSR count). The highest BCUT2D eigenvalue weighted by Crippen LogP contribution is 2.34. The first kappa shape index (κ1) is 19.5. The second-order valence-corrected chi connectivity index (χ2v) is 8.34. The number of hydrogen-bond acceptors (Lipinski definition) is 5. The molecular weight excluding hydrogens is 378 g/mol. The normalized spacial score (nSPS) is 12.7. The van der Waals surface area contributed by atoms with Gasteiger partial charge < -0.3 is 10.6 Å². The summed E-state index contributed by atoms with van der Waals surface area (Å²) in [6, 6.07) is 13.8. The Morgan fingerprint density at radius 3 is 2.78 bits per heavy atom. The molecule has 0 aromatic heterocycles. The highest BCUT2D eigenvalue weighted by molar-refractivity contribution is 8.38. The second kappa shape index (κ2) is 9.10. The van der Waals surface area contributed by atoms with Gasteiger partial charge in [0.05, 0.1) is 18.0 Å². The number of para-hydroxylation sites is 1. The van der Waals surface area contributed by atoms with Crippen LogP contribution in [0, 0.1) is 13.8 Å². The second-order valence-electron chi connectivity index (χ2n) is 6.16. The zero-order valence-corrected chi connectivity index (χ0v) is 16.9. The number of carbonyl (C=O) groups excluding carboxylic acids is 2. The third-order valence-electron chi connectivity index (χ3n) is 4.21. The van der Waals surface area contributed by atoms with Crippen LogP contribution in [-0.2, 0) is 15.3 Å². The molecule has 0 saturated heterocycles. The summed E-state index contributed by atoms with van der Waals surface area (Å²) < 4.78 is 0.878. The summed E-state index contributed by atoms with van der Waals surface area (Å²) in [5.41, 5.74) is 5.09. The van der Waals surface area contributed by atoms with Gasteiger partial charge >= 0.3 is 0 Å². The van der Waals surface area contributed by atoms with Gasteiger partial charge in [-0.05, 0) is 42.7 Å². The number of aryl methyl sites for hydroxylation is 1. The van der Waals surface area contributed by atoms with Crippen molar-refractivity contribution in [2.24, 2.45) is 4.99 Å². The van der Waals surface area contributed by atoms with Crippen molar-refractivity contribution in [1.82, 2.24) is 5.32 Å². The molecule has 27 heavy (non-hydrogen) atoms. The fourth-order valence-electron chi connectivity index (χ4n) is 2.52. The van der Waals surface area contributed by atoms with Crippen LogP contribution in [0.15, 0.2) is 47.5 Å². The lowest BCUT2D eigenvalue weighted by Crippen LogP contribution is -2.34. The van der Waals surface area contributed by atoms with Gasteiger partial charge in [-0.2, -0.15) is 0 Å². The SMILES string of the molecule is Cc1cccc(NC(=O)CNC(=O)CSC2=Nc3ccccc3CS2)c1C. The largest absolute Gasteiger partial charge is 0.346 e. The van der Waals surface area contributed by atoms with Crippen LogP contribution in [0.5, 0.6) is 0 Å². The average Bonchev–Trinajstić information content (AvgIpc) is 2.68. The maximum Gasteiger partial charge on any atom is 0.243 e. The van der Waals surface area contributed by atoms with Crippen molar-refractivity contribution >= 4 is 51.1 Å². The Balaban J connectivity index is 1.44. The van der Waals surface area contributed by atoms with Crippen molar-refractivity contribution in [3.05, 3.63) is 59.2 Å². The minimum Gasteiger partial charge on any atom is -0.346 e.